The Bertz CT molecular complexity index is 566. The van der Waals surface area contributed by atoms with Crippen LogP contribution in [0.5, 0.6) is 0 Å². The molecule has 0 radical (unpaired) electrons. The monoisotopic (exact) mass is 247 g/mol. The van der Waals surface area contributed by atoms with E-state index in [-0.39, 0.29) is 11.9 Å². The summed E-state index contributed by atoms with van der Waals surface area (Å²) in [6.45, 7) is 0.816. The highest BCUT2D eigenvalue weighted by atomic mass is 32.1. The van der Waals surface area contributed by atoms with Gasteiger partial charge in [0.15, 0.2) is 0 Å². The topological polar surface area (TPSA) is 45.2 Å². The molecule has 88 valence electrons. The minimum atomic E-state index is -0.127. The highest BCUT2D eigenvalue weighted by Gasteiger charge is 2.29. The maximum atomic E-state index is 11.8. The number of aromatic nitrogens is 1. The Labute approximate surface area is 103 Å². The SMILES string of the molecule is CN1CCC(Nc2nccc3sccc23)C1=O. The quantitative estimate of drug-likeness (QED) is 0.882. The van der Waals surface area contributed by atoms with E-state index in [2.05, 4.69) is 10.3 Å². The van der Waals surface area contributed by atoms with Gasteiger partial charge in [-0.1, -0.05) is 0 Å². The average molecular weight is 247 g/mol. The number of thiophene rings is 1. The van der Waals surface area contributed by atoms with E-state index in [4.69, 9.17) is 0 Å². The first kappa shape index (κ1) is 10.5. The molecule has 0 saturated carbocycles. The van der Waals surface area contributed by atoms with E-state index >= 15 is 0 Å². The lowest BCUT2D eigenvalue weighted by Gasteiger charge is -2.13. The fourth-order valence-corrected chi connectivity index (χ4v) is 2.91. The van der Waals surface area contributed by atoms with Gasteiger partial charge in [-0.2, -0.15) is 0 Å². The van der Waals surface area contributed by atoms with Crippen LogP contribution >= 0.6 is 11.3 Å². The Morgan fingerprint density at radius 1 is 1.53 bits per heavy atom. The van der Waals surface area contributed by atoms with Crippen molar-refractivity contribution in [3.63, 3.8) is 0 Å². The third-order valence-electron chi connectivity index (χ3n) is 3.12. The summed E-state index contributed by atoms with van der Waals surface area (Å²) in [5, 5.41) is 6.39. The molecular formula is C12H13N3OS. The number of carbonyl (C=O) groups is 1. The number of likely N-dealkylation sites (tertiary alicyclic amines) is 1. The van der Waals surface area contributed by atoms with Crippen molar-refractivity contribution in [3.8, 4) is 0 Å². The molecule has 1 amide bonds. The number of pyridine rings is 1. The highest BCUT2D eigenvalue weighted by molar-refractivity contribution is 7.17. The predicted molar refractivity (Wildman–Crippen MR) is 69.3 cm³/mol. The van der Waals surface area contributed by atoms with Crippen LogP contribution in [0.15, 0.2) is 23.7 Å². The number of nitrogens with zero attached hydrogens (tertiary/aromatic N) is 2. The van der Waals surface area contributed by atoms with Crippen LogP contribution in [0.2, 0.25) is 0 Å². The van der Waals surface area contributed by atoms with Crippen molar-refractivity contribution >= 4 is 33.1 Å². The molecule has 1 atom stereocenters. The first-order valence-electron chi connectivity index (χ1n) is 5.59. The summed E-state index contributed by atoms with van der Waals surface area (Å²) < 4.78 is 1.20. The van der Waals surface area contributed by atoms with Gasteiger partial charge in [-0.25, -0.2) is 4.98 Å². The van der Waals surface area contributed by atoms with Gasteiger partial charge in [-0.05, 0) is 23.9 Å². The van der Waals surface area contributed by atoms with Gasteiger partial charge in [0, 0.05) is 29.9 Å². The maximum absolute atomic E-state index is 11.8. The minimum Gasteiger partial charge on any atom is -0.358 e. The Morgan fingerprint density at radius 2 is 2.41 bits per heavy atom. The molecule has 0 bridgehead atoms. The zero-order valence-electron chi connectivity index (χ0n) is 9.51. The number of amides is 1. The molecule has 3 rings (SSSR count). The number of rotatable bonds is 2. The standard InChI is InChI=1S/C12H13N3OS/c1-15-6-3-9(12(15)16)14-11-8-4-7-17-10(8)2-5-13-11/h2,4-5,7,9H,3,6H2,1H3,(H,13,14). The van der Waals surface area contributed by atoms with E-state index in [1.165, 1.54) is 4.70 Å². The lowest BCUT2D eigenvalue weighted by molar-refractivity contribution is -0.127. The smallest absolute Gasteiger partial charge is 0.244 e. The summed E-state index contributed by atoms with van der Waals surface area (Å²) in [4.78, 5) is 17.9. The van der Waals surface area contributed by atoms with E-state index in [1.807, 2.05) is 24.6 Å². The van der Waals surface area contributed by atoms with Gasteiger partial charge >= 0.3 is 0 Å². The summed E-state index contributed by atoms with van der Waals surface area (Å²) in [5.74, 6) is 0.969. The van der Waals surface area contributed by atoms with Crippen molar-refractivity contribution in [1.29, 1.82) is 0 Å². The average Bonchev–Trinajstić information content (AvgIpc) is 2.91. The highest BCUT2D eigenvalue weighted by Crippen LogP contribution is 2.27. The van der Waals surface area contributed by atoms with Crippen LogP contribution in [-0.4, -0.2) is 35.4 Å². The van der Waals surface area contributed by atoms with Crippen LogP contribution in [0.4, 0.5) is 5.82 Å². The van der Waals surface area contributed by atoms with Gasteiger partial charge < -0.3 is 10.2 Å². The van der Waals surface area contributed by atoms with E-state index in [9.17, 15) is 4.79 Å². The molecule has 1 aliphatic rings. The summed E-state index contributed by atoms with van der Waals surface area (Å²) in [7, 11) is 1.84. The van der Waals surface area contributed by atoms with Crippen molar-refractivity contribution in [2.75, 3.05) is 18.9 Å². The molecule has 2 aromatic heterocycles. The van der Waals surface area contributed by atoms with E-state index in [1.54, 1.807) is 22.4 Å². The molecule has 4 nitrogen and oxygen atoms in total. The molecule has 1 saturated heterocycles. The molecule has 0 aliphatic carbocycles. The number of anilines is 1. The summed E-state index contributed by atoms with van der Waals surface area (Å²) in [6, 6.07) is 3.91. The second kappa shape index (κ2) is 4.00. The zero-order valence-corrected chi connectivity index (χ0v) is 10.3. The summed E-state index contributed by atoms with van der Waals surface area (Å²) in [6.07, 6.45) is 2.63. The molecule has 3 heterocycles. The van der Waals surface area contributed by atoms with Crippen LogP contribution in [0.25, 0.3) is 10.1 Å². The molecule has 0 aromatic carbocycles. The molecule has 2 aromatic rings. The molecule has 1 fully saturated rings. The molecular weight excluding hydrogens is 234 g/mol. The van der Waals surface area contributed by atoms with Gasteiger partial charge in [0.05, 0.1) is 0 Å². The van der Waals surface area contributed by atoms with Crippen molar-refractivity contribution in [1.82, 2.24) is 9.88 Å². The summed E-state index contributed by atoms with van der Waals surface area (Å²) >= 11 is 1.69. The van der Waals surface area contributed by atoms with Gasteiger partial charge in [0.1, 0.15) is 11.9 Å². The maximum Gasteiger partial charge on any atom is 0.244 e. The van der Waals surface area contributed by atoms with Gasteiger partial charge in [-0.15, -0.1) is 11.3 Å². The van der Waals surface area contributed by atoms with Crippen LogP contribution in [0.3, 0.4) is 0 Å². The zero-order chi connectivity index (χ0) is 11.8. The fraction of sp³-hybridized carbons (Fsp3) is 0.333. The largest absolute Gasteiger partial charge is 0.358 e. The first-order valence-corrected chi connectivity index (χ1v) is 6.47. The van der Waals surface area contributed by atoms with Gasteiger partial charge in [-0.3, -0.25) is 4.79 Å². The third-order valence-corrected chi connectivity index (χ3v) is 4.00. The number of hydrogen-bond donors (Lipinski definition) is 1. The van der Waals surface area contributed by atoms with Crippen LogP contribution in [0, 0.1) is 0 Å². The van der Waals surface area contributed by atoms with E-state index in [0.717, 1.165) is 24.2 Å². The molecule has 1 N–H and O–H groups in total. The Morgan fingerprint density at radius 3 is 3.18 bits per heavy atom. The number of carbonyl (C=O) groups excluding carboxylic acids is 1. The van der Waals surface area contributed by atoms with Gasteiger partial charge in [0.25, 0.3) is 0 Å². The molecule has 5 heteroatoms. The molecule has 0 spiro atoms. The van der Waals surface area contributed by atoms with E-state index in [0.29, 0.717) is 0 Å². The fourth-order valence-electron chi connectivity index (χ4n) is 2.13. The minimum absolute atomic E-state index is 0.127. The van der Waals surface area contributed by atoms with Crippen LogP contribution < -0.4 is 5.32 Å². The Balaban J connectivity index is 1.90. The number of nitrogens with one attached hydrogen (secondary N) is 1. The first-order chi connectivity index (χ1) is 8.25. The van der Waals surface area contributed by atoms with Crippen molar-refractivity contribution in [2.24, 2.45) is 0 Å². The lowest BCUT2D eigenvalue weighted by Crippen LogP contribution is -2.31. The van der Waals surface area contributed by atoms with Crippen LogP contribution in [0.1, 0.15) is 6.42 Å². The summed E-state index contributed by atoms with van der Waals surface area (Å²) in [5.41, 5.74) is 0. The van der Waals surface area contributed by atoms with E-state index < -0.39 is 0 Å². The number of hydrogen-bond acceptors (Lipinski definition) is 4. The lowest BCUT2D eigenvalue weighted by atomic mass is 10.2. The Hall–Kier alpha value is -1.62. The second-order valence-electron chi connectivity index (χ2n) is 4.24. The third kappa shape index (κ3) is 1.76. The molecule has 17 heavy (non-hydrogen) atoms. The normalized spacial score (nSPS) is 20.2. The predicted octanol–water partition coefficient (Wildman–Crippen LogP) is 1.94. The van der Waals surface area contributed by atoms with Crippen LogP contribution in [-0.2, 0) is 4.79 Å². The number of likely N-dealkylation sites (N-methyl/N-ethyl adjacent to an activating group) is 1. The molecule has 1 unspecified atom stereocenters. The molecule has 1 aliphatic heterocycles. The Kier molecular flexibility index (Phi) is 2.48. The van der Waals surface area contributed by atoms with Crippen molar-refractivity contribution in [3.05, 3.63) is 23.7 Å². The van der Waals surface area contributed by atoms with Crippen molar-refractivity contribution < 1.29 is 4.79 Å². The van der Waals surface area contributed by atoms with Gasteiger partial charge in [0.2, 0.25) is 5.91 Å². The van der Waals surface area contributed by atoms with Crippen molar-refractivity contribution in [2.45, 2.75) is 12.5 Å². The second-order valence-corrected chi connectivity index (χ2v) is 5.19. The number of fused-ring (bicyclic) bond motifs is 1.